The molecular formula is C31H28N4O. The van der Waals surface area contributed by atoms with Gasteiger partial charge in [-0.2, -0.15) is 0 Å². The van der Waals surface area contributed by atoms with E-state index in [9.17, 15) is 5.11 Å². The number of hydrogen-bond donors (Lipinski definition) is 1. The van der Waals surface area contributed by atoms with Crippen LogP contribution >= 0.6 is 0 Å². The second kappa shape index (κ2) is 8.61. The second-order valence-corrected chi connectivity index (χ2v) is 9.38. The molecule has 0 amide bonds. The quantitative estimate of drug-likeness (QED) is 0.304. The molecule has 1 N–H and O–H groups in total. The lowest BCUT2D eigenvalue weighted by molar-refractivity contribution is 0.477. The summed E-state index contributed by atoms with van der Waals surface area (Å²) in [5, 5.41) is 10.7. The Morgan fingerprint density at radius 1 is 0.778 bits per heavy atom. The highest BCUT2D eigenvalue weighted by molar-refractivity contribution is 5.83. The molecule has 5 aromatic rings. The number of fused-ring (bicyclic) bond motifs is 1. The minimum Gasteiger partial charge on any atom is -0.507 e. The maximum Gasteiger partial charge on any atom is 0.148 e. The molecule has 178 valence electrons. The highest BCUT2D eigenvalue weighted by Crippen LogP contribution is 2.41. The Bertz CT molecular complexity index is 1570. The molecule has 1 aromatic heterocycles. The van der Waals surface area contributed by atoms with Crippen molar-refractivity contribution < 1.29 is 5.11 Å². The van der Waals surface area contributed by atoms with Crippen LogP contribution in [-0.4, -0.2) is 28.4 Å². The van der Waals surface area contributed by atoms with Gasteiger partial charge in [-0.25, -0.2) is 4.98 Å². The van der Waals surface area contributed by atoms with E-state index in [2.05, 4.69) is 108 Å². The number of para-hydroxylation sites is 4. The number of benzene rings is 4. The number of imidazole rings is 1. The summed E-state index contributed by atoms with van der Waals surface area (Å²) in [6.07, 6.45) is 2.08. The molecule has 0 fully saturated rings. The summed E-state index contributed by atoms with van der Waals surface area (Å²) in [6.45, 7) is 5.01. The molecule has 1 aliphatic rings. The van der Waals surface area contributed by atoms with E-state index < -0.39 is 0 Å². The number of phenols is 1. The molecule has 2 heterocycles. The number of aromatic nitrogens is 2. The third kappa shape index (κ3) is 3.60. The van der Waals surface area contributed by atoms with Crippen molar-refractivity contribution in [2.24, 2.45) is 0 Å². The third-order valence-corrected chi connectivity index (χ3v) is 6.92. The zero-order valence-corrected chi connectivity index (χ0v) is 20.7. The Kier molecular flexibility index (Phi) is 5.26. The average molecular weight is 473 g/mol. The van der Waals surface area contributed by atoms with Gasteiger partial charge in [-0.3, -0.25) is 4.57 Å². The number of phenolic OH excluding ortho intramolecular Hbond substituents is 1. The van der Waals surface area contributed by atoms with Crippen LogP contribution in [0.3, 0.4) is 0 Å². The summed E-state index contributed by atoms with van der Waals surface area (Å²) in [5.74, 6) is 0.935. The zero-order chi connectivity index (χ0) is 24.8. The smallest absolute Gasteiger partial charge is 0.148 e. The molecule has 0 atom stereocenters. The van der Waals surface area contributed by atoms with Crippen molar-refractivity contribution >= 4 is 17.1 Å². The summed E-state index contributed by atoms with van der Waals surface area (Å²) >= 11 is 0. The molecule has 36 heavy (non-hydrogen) atoms. The van der Waals surface area contributed by atoms with E-state index in [1.807, 2.05) is 18.2 Å². The molecule has 1 aliphatic heterocycles. The van der Waals surface area contributed by atoms with Gasteiger partial charge in [0.2, 0.25) is 0 Å². The van der Waals surface area contributed by atoms with Crippen molar-refractivity contribution in [3.05, 3.63) is 108 Å². The standard InChI is InChI=1S/C31H28N4O/c1-21-10-8-11-22(2)30(21)34-19-26(32-31(34)25-14-4-7-17-29(25)36)23-12-9-13-24(18-23)35-20-33(3)27-15-5-6-16-28(27)35/h4-19,36H,20H2,1-3H3. The lowest BCUT2D eigenvalue weighted by atomic mass is 10.1. The third-order valence-electron chi connectivity index (χ3n) is 6.92. The summed E-state index contributed by atoms with van der Waals surface area (Å²) in [4.78, 5) is 9.65. The number of hydrogen-bond acceptors (Lipinski definition) is 4. The van der Waals surface area contributed by atoms with Gasteiger partial charge in [0.15, 0.2) is 0 Å². The van der Waals surface area contributed by atoms with Crippen LogP contribution < -0.4 is 9.80 Å². The maximum atomic E-state index is 10.7. The van der Waals surface area contributed by atoms with E-state index >= 15 is 0 Å². The van der Waals surface area contributed by atoms with Crippen LogP contribution in [0.25, 0.3) is 28.3 Å². The van der Waals surface area contributed by atoms with Crippen LogP contribution in [0.15, 0.2) is 97.2 Å². The van der Waals surface area contributed by atoms with Gasteiger partial charge < -0.3 is 14.9 Å². The summed E-state index contributed by atoms with van der Waals surface area (Å²) in [5.41, 5.74) is 9.53. The maximum absolute atomic E-state index is 10.7. The number of anilines is 3. The number of aromatic hydroxyl groups is 1. The van der Waals surface area contributed by atoms with Crippen LogP contribution in [0.4, 0.5) is 17.1 Å². The summed E-state index contributed by atoms with van der Waals surface area (Å²) in [7, 11) is 2.12. The molecule has 0 saturated heterocycles. The van der Waals surface area contributed by atoms with E-state index in [-0.39, 0.29) is 5.75 Å². The fourth-order valence-electron chi connectivity index (χ4n) is 5.16. The molecule has 5 heteroatoms. The number of aryl methyl sites for hydroxylation is 2. The molecule has 0 bridgehead atoms. The normalized spacial score (nSPS) is 12.8. The summed E-state index contributed by atoms with van der Waals surface area (Å²) < 4.78 is 2.11. The fraction of sp³-hybridized carbons (Fsp3) is 0.129. The van der Waals surface area contributed by atoms with Crippen molar-refractivity contribution in [3.63, 3.8) is 0 Å². The largest absolute Gasteiger partial charge is 0.507 e. The number of nitrogens with zero attached hydrogens (tertiary/aromatic N) is 4. The van der Waals surface area contributed by atoms with Crippen LogP contribution in [0.2, 0.25) is 0 Å². The fourth-order valence-corrected chi connectivity index (χ4v) is 5.16. The zero-order valence-electron chi connectivity index (χ0n) is 20.7. The van der Waals surface area contributed by atoms with Crippen LogP contribution in [0.1, 0.15) is 11.1 Å². The van der Waals surface area contributed by atoms with E-state index in [1.54, 1.807) is 6.07 Å². The van der Waals surface area contributed by atoms with Crippen molar-refractivity contribution in [3.8, 4) is 34.1 Å². The minimum absolute atomic E-state index is 0.215. The Labute approximate surface area is 211 Å². The Morgan fingerprint density at radius 2 is 1.47 bits per heavy atom. The monoisotopic (exact) mass is 472 g/mol. The van der Waals surface area contributed by atoms with Gasteiger partial charge in [0, 0.05) is 24.5 Å². The van der Waals surface area contributed by atoms with Gasteiger partial charge >= 0.3 is 0 Å². The molecule has 5 nitrogen and oxygen atoms in total. The first kappa shape index (κ1) is 22.0. The molecular weight excluding hydrogens is 444 g/mol. The first-order chi connectivity index (χ1) is 17.5. The Balaban J connectivity index is 1.50. The first-order valence-electron chi connectivity index (χ1n) is 12.1. The van der Waals surface area contributed by atoms with E-state index in [0.717, 1.165) is 46.3 Å². The highest BCUT2D eigenvalue weighted by Gasteiger charge is 2.24. The first-order valence-corrected chi connectivity index (χ1v) is 12.1. The van der Waals surface area contributed by atoms with Gasteiger partial charge in [0.25, 0.3) is 0 Å². The predicted octanol–water partition coefficient (Wildman–Crippen LogP) is 7.07. The summed E-state index contributed by atoms with van der Waals surface area (Å²) in [6, 6.07) is 30.7. The van der Waals surface area contributed by atoms with Gasteiger partial charge in [-0.05, 0) is 61.4 Å². The van der Waals surface area contributed by atoms with Gasteiger partial charge in [0.1, 0.15) is 11.6 Å². The Hall–Kier alpha value is -4.51. The minimum atomic E-state index is 0.215. The van der Waals surface area contributed by atoms with E-state index in [0.29, 0.717) is 5.56 Å². The van der Waals surface area contributed by atoms with Gasteiger partial charge in [-0.15, -0.1) is 0 Å². The lowest BCUT2D eigenvalue weighted by Crippen LogP contribution is -2.23. The molecule has 4 aromatic carbocycles. The van der Waals surface area contributed by atoms with Gasteiger partial charge in [-0.1, -0.05) is 54.6 Å². The van der Waals surface area contributed by atoms with Crippen molar-refractivity contribution in [1.82, 2.24) is 9.55 Å². The molecule has 0 aliphatic carbocycles. The van der Waals surface area contributed by atoms with Crippen LogP contribution in [-0.2, 0) is 0 Å². The van der Waals surface area contributed by atoms with Crippen LogP contribution in [0, 0.1) is 13.8 Å². The number of rotatable bonds is 4. The second-order valence-electron chi connectivity index (χ2n) is 9.38. The van der Waals surface area contributed by atoms with E-state index in [1.165, 1.54) is 11.4 Å². The van der Waals surface area contributed by atoms with Gasteiger partial charge in [0.05, 0.1) is 35.0 Å². The van der Waals surface area contributed by atoms with Crippen molar-refractivity contribution in [2.45, 2.75) is 13.8 Å². The molecule has 6 rings (SSSR count). The van der Waals surface area contributed by atoms with Crippen LogP contribution in [0.5, 0.6) is 5.75 Å². The molecule has 0 spiro atoms. The predicted molar refractivity (Wildman–Crippen MR) is 147 cm³/mol. The average Bonchev–Trinajstić information content (AvgIpc) is 3.46. The SMILES string of the molecule is Cc1cccc(C)c1-n1cc(-c2cccc(N3CN(C)c4ccccc43)c2)nc1-c1ccccc1O. The topological polar surface area (TPSA) is 44.5 Å². The lowest BCUT2D eigenvalue weighted by Gasteiger charge is -2.20. The molecule has 0 saturated carbocycles. The van der Waals surface area contributed by atoms with E-state index in [4.69, 9.17) is 4.98 Å². The Morgan fingerprint density at radius 3 is 2.25 bits per heavy atom. The molecule has 0 radical (unpaired) electrons. The van der Waals surface area contributed by atoms with Crippen molar-refractivity contribution in [1.29, 1.82) is 0 Å². The highest BCUT2D eigenvalue weighted by atomic mass is 16.3. The van der Waals surface area contributed by atoms with Crippen molar-refractivity contribution in [2.75, 3.05) is 23.5 Å². The molecule has 0 unspecified atom stereocenters.